The van der Waals surface area contributed by atoms with Gasteiger partial charge in [0.05, 0.1) is 16.9 Å². The molecule has 1 amide bonds. The number of hydrogen-bond acceptors (Lipinski definition) is 4. The van der Waals surface area contributed by atoms with Crippen molar-refractivity contribution in [3.05, 3.63) is 16.1 Å². The van der Waals surface area contributed by atoms with Gasteiger partial charge in [-0.1, -0.05) is 12.2 Å². The summed E-state index contributed by atoms with van der Waals surface area (Å²) in [6.07, 6.45) is 1.54. The SMILES string of the molecule is Cc1csc(CNC(=O)C2(C(N)=S)CC2)n1. The third kappa shape index (κ3) is 2.08. The third-order valence-electron chi connectivity index (χ3n) is 2.72. The van der Waals surface area contributed by atoms with E-state index in [0.717, 1.165) is 23.5 Å². The number of thiocarbonyl (C=S) groups is 1. The van der Waals surface area contributed by atoms with E-state index in [0.29, 0.717) is 11.5 Å². The number of carbonyl (C=O) groups is 1. The maximum absolute atomic E-state index is 11.8. The Balaban J connectivity index is 1.92. The molecule has 0 bridgehead atoms. The number of rotatable bonds is 4. The van der Waals surface area contributed by atoms with E-state index < -0.39 is 5.41 Å². The van der Waals surface area contributed by atoms with Crippen LogP contribution in [0.4, 0.5) is 0 Å². The highest BCUT2D eigenvalue weighted by Gasteiger charge is 2.52. The quantitative estimate of drug-likeness (QED) is 0.792. The van der Waals surface area contributed by atoms with Crippen LogP contribution in [0.5, 0.6) is 0 Å². The molecule has 1 aliphatic carbocycles. The first-order valence-electron chi connectivity index (χ1n) is 5.04. The van der Waals surface area contributed by atoms with E-state index in [4.69, 9.17) is 18.0 Å². The molecule has 0 spiro atoms. The number of nitrogens with two attached hydrogens (primary N) is 1. The Morgan fingerprint density at radius 3 is 2.88 bits per heavy atom. The molecule has 1 heterocycles. The van der Waals surface area contributed by atoms with Gasteiger partial charge in [0.2, 0.25) is 5.91 Å². The molecule has 0 aliphatic heterocycles. The van der Waals surface area contributed by atoms with Crippen molar-refractivity contribution in [3.63, 3.8) is 0 Å². The minimum atomic E-state index is -0.568. The fraction of sp³-hybridized carbons (Fsp3) is 0.500. The van der Waals surface area contributed by atoms with Crippen LogP contribution in [0, 0.1) is 12.3 Å². The van der Waals surface area contributed by atoms with Gasteiger partial charge in [-0.15, -0.1) is 11.3 Å². The second-order valence-electron chi connectivity index (χ2n) is 4.01. The zero-order valence-electron chi connectivity index (χ0n) is 8.95. The summed E-state index contributed by atoms with van der Waals surface area (Å²) < 4.78 is 0. The molecule has 16 heavy (non-hydrogen) atoms. The molecule has 1 aliphatic rings. The molecule has 2 rings (SSSR count). The van der Waals surface area contributed by atoms with Gasteiger partial charge < -0.3 is 11.1 Å². The molecule has 1 fully saturated rings. The first kappa shape index (κ1) is 11.5. The smallest absolute Gasteiger partial charge is 0.233 e. The zero-order chi connectivity index (χ0) is 11.8. The number of carbonyl (C=O) groups excluding carboxylic acids is 1. The summed E-state index contributed by atoms with van der Waals surface area (Å²) in [7, 11) is 0. The molecule has 1 aromatic rings. The summed E-state index contributed by atoms with van der Waals surface area (Å²) in [6.45, 7) is 2.39. The standard InChI is InChI=1S/C10H13N3OS2/c1-6-5-16-7(13-6)4-12-9(14)10(2-3-10)8(11)15/h5H,2-4H2,1H3,(H2,11,15)(H,12,14). The van der Waals surface area contributed by atoms with Gasteiger partial charge in [-0.25, -0.2) is 4.98 Å². The summed E-state index contributed by atoms with van der Waals surface area (Å²) in [5.74, 6) is -0.0622. The summed E-state index contributed by atoms with van der Waals surface area (Å²) in [4.78, 5) is 16.4. The van der Waals surface area contributed by atoms with E-state index in [9.17, 15) is 4.79 Å². The molecule has 0 aromatic carbocycles. The van der Waals surface area contributed by atoms with Crippen LogP contribution in [-0.2, 0) is 11.3 Å². The number of nitrogens with one attached hydrogen (secondary N) is 1. The van der Waals surface area contributed by atoms with Crippen LogP contribution in [0.3, 0.4) is 0 Å². The molecule has 3 N–H and O–H groups in total. The summed E-state index contributed by atoms with van der Waals surface area (Å²) >= 11 is 6.45. The largest absolute Gasteiger partial charge is 0.392 e. The Morgan fingerprint density at radius 2 is 2.44 bits per heavy atom. The maximum atomic E-state index is 11.8. The number of hydrogen-bond donors (Lipinski definition) is 2. The van der Waals surface area contributed by atoms with Gasteiger partial charge in [0.25, 0.3) is 0 Å². The van der Waals surface area contributed by atoms with Gasteiger partial charge in [-0.05, 0) is 19.8 Å². The third-order valence-corrected chi connectivity index (χ3v) is 4.08. The van der Waals surface area contributed by atoms with Gasteiger partial charge in [-0.3, -0.25) is 4.79 Å². The van der Waals surface area contributed by atoms with Crippen molar-refractivity contribution in [2.45, 2.75) is 26.3 Å². The van der Waals surface area contributed by atoms with Gasteiger partial charge in [0.15, 0.2) is 0 Å². The molecular formula is C10H13N3OS2. The predicted molar refractivity (Wildman–Crippen MR) is 67.2 cm³/mol. The monoisotopic (exact) mass is 255 g/mol. The second kappa shape index (κ2) is 4.10. The van der Waals surface area contributed by atoms with E-state index >= 15 is 0 Å². The lowest BCUT2D eigenvalue weighted by molar-refractivity contribution is -0.124. The lowest BCUT2D eigenvalue weighted by Gasteiger charge is -2.12. The maximum Gasteiger partial charge on any atom is 0.233 e. The minimum absolute atomic E-state index is 0.0622. The molecule has 0 saturated heterocycles. The van der Waals surface area contributed by atoms with Crippen molar-refractivity contribution in [2.75, 3.05) is 0 Å². The highest BCUT2D eigenvalue weighted by molar-refractivity contribution is 7.80. The molecule has 6 heteroatoms. The molecule has 4 nitrogen and oxygen atoms in total. The van der Waals surface area contributed by atoms with Gasteiger partial charge >= 0.3 is 0 Å². The number of amides is 1. The average molecular weight is 255 g/mol. The molecule has 0 radical (unpaired) electrons. The predicted octanol–water partition coefficient (Wildman–Crippen LogP) is 1.13. The van der Waals surface area contributed by atoms with Crippen molar-refractivity contribution in [1.29, 1.82) is 0 Å². The first-order chi connectivity index (χ1) is 7.54. The van der Waals surface area contributed by atoms with E-state index in [2.05, 4.69) is 10.3 Å². The lowest BCUT2D eigenvalue weighted by Crippen LogP contribution is -2.39. The van der Waals surface area contributed by atoms with E-state index in [-0.39, 0.29) is 5.91 Å². The minimum Gasteiger partial charge on any atom is -0.392 e. The normalized spacial score (nSPS) is 16.8. The number of nitrogens with zero attached hydrogens (tertiary/aromatic N) is 1. The van der Waals surface area contributed by atoms with Crippen LogP contribution >= 0.6 is 23.6 Å². The van der Waals surface area contributed by atoms with Crippen molar-refractivity contribution in [3.8, 4) is 0 Å². The summed E-state index contributed by atoms with van der Waals surface area (Å²) in [6, 6.07) is 0. The number of aryl methyl sites for hydroxylation is 1. The Labute approximate surface area is 103 Å². The van der Waals surface area contributed by atoms with Crippen LogP contribution in [-0.4, -0.2) is 15.9 Å². The molecule has 0 atom stereocenters. The summed E-state index contributed by atoms with van der Waals surface area (Å²) in [5, 5.41) is 5.71. The summed E-state index contributed by atoms with van der Waals surface area (Å²) in [5.41, 5.74) is 5.97. The van der Waals surface area contributed by atoms with Crippen LogP contribution in [0.25, 0.3) is 0 Å². The Hall–Kier alpha value is -1.01. The van der Waals surface area contributed by atoms with Gasteiger partial charge in [0.1, 0.15) is 5.01 Å². The first-order valence-corrected chi connectivity index (χ1v) is 6.32. The molecular weight excluding hydrogens is 242 g/mol. The number of aromatic nitrogens is 1. The molecule has 1 saturated carbocycles. The van der Waals surface area contributed by atoms with E-state index in [1.807, 2.05) is 12.3 Å². The van der Waals surface area contributed by atoms with Crippen molar-refractivity contribution in [2.24, 2.45) is 11.1 Å². The Bertz CT molecular complexity index is 437. The van der Waals surface area contributed by atoms with E-state index in [1.54, 1.807) is 11.3 Å². The van der Waals surface area contributed by atoms with Crippen LogP contribution in [0.2, 0.25) is 0 Å². The lowest BCUT2D eigenvalue weighted by atomic mass is 10.1. The average Bonchev–Trinajstić information content (AvgIpc) is 2.95. The molecule has 86 valence electrons. The molecule has 1 aromatic heterocycles. The van der Waals surface area contributed by atoms with Crippen LogP contribution in [0.1, 0.15) is 23.5 Å². The highest BCUT2D eigenvalue weighted by atomic mass is 32.1. The van der Waals surface area contributed by atoms with Gasteiger partial charge in [-0.2, -0.15) is 0 Å². The van der Waals surface area contributed by atoms with Crippen molar-refractivity contribution < 1.29 is 4.79 Å². The van der Waals surface area contributed by atoms with E-state index in [1.165, 1.54) is 0 Å². The van der Waals surface area contributed by atoms with Crippen molar-refractivity contribution in [1.82, 2.24) is 10.3 Å². The van der Waals surface area contributed by atoms with Crippen LogP contribution < -0.4 is 11.1 Å². The fourth-order valence-electron chi connectivity index (χ4n) is 1.52. The van der Waals surface area contributed by atoms with Gasteiger partial charge in [0, 0.05) is 11.1 Å². The molecule has 0 unspecified atom stereocenters. The van der Waals surface area contributed by atoms with Crippen molar-refractivity contribution >= 4 is 34.5 Å². The highest BCUT2D eigenvalue weighted by Crippen LogP contribution is 2.46. The topological polar surface area (TPSA) is 68.0 Å². The second-order valence-corrected chi connectivity index (χ2v) is 5.39. The van der Waals surface area contributed by atoms with Crippen LogP contribution in [0.15, 0.2) is 5.38 Å². The number of thiazole rings is 1. The zero-order valence-corrected chi connectivity index (χ0v) is 10.6. The Kier molecular flexibility index (Phi) is 2.94. The fourth-order valence-corrected chi connectivity index (χ4v) is 2.53. The Morgan fingerprint density at radius 1 is 1.75 bits per heavy atom.